The van der Waals surface area contributed by atoms with Gasteiger partial charge in [-0.05, 0) is 26.2 Å². The Morgan fingerprint density at radius 2 is 2.00 bits per heavy atom. The maximum atomic E-state index is 12.2. The zero-order chi connectivity index (χ0) is 14.3. The Kier molecular flexibility index (Phi) is 3.60. The molecule has 2 atom stereocenters. The number of carbonyl (C=O) groups excluding carboxylic acids is 1. The molecule has 1 amide bonds. The minimum Gasteiger partial charge on any atom is -0.480 e. The zero-order valence-electron chi connectivity index (χ0n) is 11.9. The minimum absolute atomic E-state index is 0.00775. The monoisotopic (exact) mass is 269 g/mol. The molecule has 2 saturated carbocycles. The summed E-state index contributed by atoms with van der Waals surface area (Å²) in [6, 6.07) is 0.00775. The van der Waals surface area contributed by atoms with Crippen molar-refractivity contribution in [2.45, 2.75) is 58.6 Å². The van der Waals surface area contributed by atoms with Crippen LogP contribution in [0.4, 0.5) is 0 Å². The van der Waals surface area contributed by atoms with E-state index < -0.39 is 11.4 Å². The number of aliphatic carboxylic acids is 1. The third kappa shape index (κ3) is 2.14. The highest BCUT2D eigenvalue weighted by Crippen LogP contribution is 2.45. The molecule has 0 aliphatic heterocycles. The van der Waals surface area contributed by atoms with Crippen molar-refractivity contribution < 1.29 is 19.4 Å². The summed E-state index contributed by atoms with van der Waals surface area (Å²) in [5, 5.41) is 12.2. The highest BCUT2D eigenvalue weighted by atomic mass is 16.5. The summed E-state index contributed by atoms with van der Waals surface area (Å²) in [6.07, 6.45) is 2.63. The summed E-state index contributed by atoms with van der Waals surface area (Å²) in [6.45, 7) is 6.72. The fraction of sp³-hybridized carbons (Fsp3) is 0.857. The first-order valence-electron chi connectivity index (χ1n) is 7.00. The maximum Gasteiger partial charge on any atom is 0.319 e. The van der Waals surface area contributed by atoms with Crippen LogP contribution in [0.15, 0.2) is 0 Å². The molecule has 2 aliphatic carbocycles. The second-order valence-corrected chi connectivity index (χ2v) is 6.27. The summed E-state index contributed by atoms with van der Waals surface area (Å²) in [7, 11) is 0. The molecule has 0 saturated heterocycles. The van der Waals surface area contributed by atoms with Crippen molar-refractivity contribution in [3.8, 4) is 0 Å². The SMILES string of the molecule is CCOC1CC(NC(=O)C2(C(=O)O)CCC2)C1(C)C. The lowest BCUT2D eigenvalue weighted by Gasteiger charge is -2.52. The molecule has 0 aromatic heterocycles. The predicted octanol–water partition coefficient (Wildman–Crippen LogP) is 1.56. The Morgan fingerprint density at radius 1 is 1.37 bits per heavy atom. The largest absolute Gasteiger partial charge is 0.480 e. The molecule has 108 valence electrons. The number of rotatable bonds is 5. The number of ether oxygens (including phenoxy) is 1. The predicted molar refractivity (Wildman–Crippen MR) is 69.7 cm³/mol. The molecular weight excluding hydrogens is 246 g/mol. The molecule has 2 aliphatic rings. The van der Waals surface area contributed by atoms with E-state index in [2.05, 4.69) is 19.2 Å². The van der Waals surface area contributed by atoms with E-state index in [0.29, 0.717) is 19.4 Å². The number of hydrogen-bond acceptors (Lipinski definition) is 3. The fourth-order valence-corrected chi connectivity index (χ4v) is 2.98. The number of carboxylic acid groups (broad SMARTS) is 1. The van der Waals surface area contributed by atoms with Gasteiger partial charge in [0.15, 0.2) is 0 Å². The third-order valence-electron chi connectivity index (χ3n) is 4.90. The van der Waals surface area contributed by atoms with Crippen LogP contribution in [0.2, 0.25) is 0 Å². The van der Waals surface area contributed by atoms with Gasteiger partial charge < -0.3 is 15.2 Å². The highest BCUT2D eigenvalue weighted by Gasteiger charge is 2.55. The first kappa shape index (κ1) is 14.3. The van der Waals surface area contributed by atoms with Gasteiger partial charge in [0.1, 0.15) is 5.41 Å². The van der Waals surface area contributed by atoms with Crippen molar-refractivity contribution in [3.05, 3.63) is 0 Å². The van der Waals surface area contributed by atoms with E-state index in [0.717, 1.165) is 12.8 Å². The number of carbonyl (C=O) groups is 2. The number of nitrogens with one attached hydrogen (secondary N) is 1. The molecule has 0 heterocycles. The lowest BCUT2D eigenvalue weighted by molar-refractivity contribution is -0.166. The summed E-state index contributed by atoms with van der Waals surface area (Å²) in [5.41, 5.74) is -1.30. The van der Waals surface area contributed by atoms with Gasteiger partial charge in [-0.1, -0.05) is 20.3 Å². The molecule has 5 heteroatoms. The smallest absolute Gasteiger partial charge is 0.319 e. The quantitative estimate of drug-likeness (QED) is 0.743. The highest BCUT2D eigenvalue weighted by molar-refractivity contribution is 6.03. The number of amides is 1. The molecule has 2 N–H and O–H groups in total. The van der Waals surface area contributed by atoms with Crippen LogP contribution in [-0.2, 0) is 14.3 Å². The Hall–Kier alpha value is -1.10. The molecule has 2 fully saturated rings. The molecule has 0 aromatic carbocycles. The van der Waals surface area contributed by atoms with E-state index >= 15 is 0 Å². The standard InChI is InChI=1S/C14H23NO4/c1-4-19-10-8-9(13(10,2)3)15-11(16)14(12(17)18)6-5-7-14/h9-10H,4-8H2,1-3H3,(H,15,16)(H,17,18). The Balaban J connectivity index is 1.96. The van der Waals surface area contributed by atoms with Gasteiger partial charge in [-0.25, -0.2) is 0 Å². The van der Waals surface area contributed by atoms with Crippen molar-refractivity contribution in [2.24, 2.45) is 10.8 Å². The van der Waals surface area contributed by atoms with E-state index in [-0.39, 0.29) is 23.5 Å². The van der Waals surface area contributed by atoms with E-state index in [1.54, 1.807) is 0 Å². The van der Waals surface area contributed by atoms with Crippen molar-refractivity contribution in [3.63, 3.8) is 0 Å². The maximum absolute atomic E-state index is 12.2. The van der Waals surface area contributed by atoms with Gasteiger partial charge in [0.25, 0.3) is 0 Å². The van der Waals surface area contributed by atoms with Gasteiger partial charge in [0.2, 0.25) is 5.91 Å². The fourth-order valence-electron chi connectivity index (χ4n) is 2.98. The molecule has 5 nitrogen and oxygen atoms in total. The first-order chi connectivity index (χ1) is 8.84. The minimum atomic E-state index is -1.17. The average Bonchev–Trinajstić information content (AvgIpc) is 2.25. The van der Waals surface area contributed by atoms with E-state index in [1.165, 1.54) is 0 Å². The summed E-state index contributed by atoms with van der Waals surface area (Å²) in [4.78, 5) is 23.5. The summed E-state index contributed by atoms with van der Waals surface area (Å²) < 4.78 is 5.61. The van der Waals surface area contributed by atoms with Crippen LogP contribution in [0.3, 0.4) is 0 Å². The molecule has 2 unspecified atom stereocenters. The lowest BCUT2D eigenvalue weighted by atomic mass is 9.63. The van der Waals surface area contributed by atoms with Gasteiger partial charge in [-0.2, -0.15) is 0 Å². The first-order valence-corrected chi connectivity index (χ1v) is 7.00. The average molecular weight is 269 g/mol. The van der Waals surface area contributed by atoms with Crippen LogP contribution < -0.4 is 5.32 Å². The van der Waals surface area contributed by atoms with Gasteiger partial charge in [-0.15, -0.1) is 0 Å². The van der Waals surface area contributed by atoms with Gasteiger partial charge in [0, 0.05) is 18.1 Å². The molecule has 0 bridgehead atoms. The number of carboxylic acids is 1. The van der Waals surface area contributed by atoms with E-state index in [1.807, 2.05) is 6.92 Å². The molecule has 0 spiro atoms. The molecule has 0 aromatic rings. The lowest BCUT2D eigenvalue weighted by Crippen LogP contribution is -2.65. The number of hydrogen-bond donors (Lipinski definition) is 2. The van der Waals surface area contributed by atoms with Gasteiger partial charge >= 0.3 is 5.97 Å². The summed E-state index contributed by atoms with van der Waals surface area (Å²) >= 11 is 0. The van der Waals surface area contributed by atoms with E-state index in [4.69, 9.17) is 4.74 Å². The zero-order valence-corrected chi connectivity index (χ0v) is 11.9. The molecule has 0 radical (unpaired) electrons. The van der Waals surface area contributed by atoms with Gasteiger partial charge in [0.05, 0.1) is 6.10 Å². The summed E-state index contributed by atoms with van der Waals surface area (Å²) in [5.74, 6) is -1.31. The van der Waals surface area contributed by atoms with Crippen LogP contribution in [0.25, 0.3) is 0 Å². The molecular formula is C14H23NO4. The second-order valence-electron chi connectivity index (χ2n) is 6.27. The van der Waals surface area contributed by atoms with Crippen LogP contribution in [-0.4, -0.2) is 35.7 Å². The molecule has 19 heavy (non-hydrogen) atoms. The van der Waals surface area contributed by atoms with Gasteiger partial charge in [-0.3, -0.25) is 9.59 Å². The van der Waals surface area contributed by atoms with Crippen molar-refractivity contribution >= 4 is 11.9 Å². The van der Waals surface area contributed by atoms with Crippen molar-refractivity contribution in [1.82, 2.24) is 5.32 Å². The van der Waals surface area contributed by atoms with Crippen LogP contribution in [0.5, 0.6) is 0 Å². The van der Waals surface area contributed by atoms with Crippen molar-refractivity contribution in [2.75, 3.05) is 6.61 Å². The van der Waals surface area contributed by atoms with Crippen LogP contribution >= 0.6 is 0 Å². The Labute approximate surface area is 113 Å². The normalized spacial score (nSPS) is 30.9. The van der Waals surface area contributed by atoms with Crippen LogP contribution in [0, 0.1) is 10.8 Å². The topological polar surface area (TPSA) is 75.6 Å². The Morgan fingerprint density at radius 3 is 2.37 bits per heavy atom. The van der Waals surface area contributed by atoms with E-state index in [9.17, 15) is 14.7 Å². The third-order valence-corrected chi connectivity index (χ3v) is 4.90. The van der Waals surface area contributed by atoms with Crippen LogP contribution in [0.1, 0.15) is 46.5 Å². The van der Waals surface area contributed by atoms with Crippen molar-refractivity contribution in [1.29, 1.82) is 0 Å². The Bertz CT molecular complexity index is 387. The molecule has 2 rings (SSSR count). The second kappa shape index (κ2) is 4.78.